The zero-order valence-electron chi connectivity index (χ0n) is 9.33. The molecule has 2 fully saturated rings. The Morgan fingerprint density at radius 2 is 2.06 bits per heavy atom. The SMILES string of the molecule is Nc1n[nH]c(C(=O)N2C3CCC2CC(O)C3)n1. The maximum absolute atomic E-state index is 12.2. The molecular weight excluding hydrogens is 222 g/mol. The summed E-state index contributed by atoms with van der Waals surface area (Å²) in [5, 5.41) is 15.9. The van der Waals surface area contributed by atoms with Crippen LogP contribution in [0.1, 0.15) is 36.3 Å². The number of aliphatic hydroxyl groups excluding tert-OH is 1. The van der Waals surface area contributed by atoms with Crippen molar-refractivity contribution in [1.82, 2.24) is 20.1 Å². The van der Waals surface area contributed by atoms with E-state index in [1.54, 1.807) is 0 Å². The van der Waals surface area contributed by atoms with Crippen LogP contribution in [0.3, 0.4) is 0 Å². The average molecular weight is 237 g/mol. The molecule has 0 radical (unpaired) electrons. The minimum Gasteiger partial charge on any atom is -0.393 e. The number of H-pyrrole nitrogens is 1. The quantitative estimate of drug-likeness (QED) is 0.611. The molecule has 4 N–H and O–H groups in total. The van der Waals surface area contributed by atoms with Crippen LogP contribution < -0.4 is 5.73 Å². The molecule has 2 unspecified atom stereocenters. The van der Waals surface area contributed by atoms with Crippen molar-refractivity contribution in [1.29, 1.82) is 0 Å². The first-order valence-corrected chi connectivity index (χ1v) is 5.83. The molecule has 7 heteroatoms. The van der Waals surface area contributed by atoms with Crippen LogP contribution in [0.2, 0.25) is 0 Å². The van der Waals surface area contributed by atoms with E-state index in [-0.39, 0.29) is 35.9 Å². The molecule has 0 saturated carbocycles. The van der Waals surface area contributed by atoms with Crippen LogP contribution in [0.25, 0.3) is 0 Å². The second-order valence-electron chi connectivity index (χ2n) is 4.76. The van der Waals surface area contributed by atoms with E-state index in [0.717, 1.165) is 12.8 Å². The van der Waals surface area contributed by atoms with Crippen molar-refractivity contribution in [3.8, 4) is 0 Å². The number of hydrogen-bond donors (Lipinski definition) is 3. The number of carbonyl (C=O) groups excluding carboxylic acids is 1. The van der Waals surface area contributed by atoms with Gasteiger partial charge in [-0.2, -0.15) is 4.98 Å². The second-order valence-corrected chi connectivity index (χ2v) is 4.76. The summed E-state index contributed by atoms with van der Waals surface area (Å²) in [6, 6.07) is 0.255. The zero-order valence-corrected chi connectivity index (χ0v) is 9.33. The molecule has 2 atom stereocenters. The Morgan fingerprint density at radius 1 is 1.41 bits per heavy atom. The summed E-state index contributed by atoms with van der Waals surface area (Å²) in [7, 11) is 0. The molecule has 3 heterocycles. The van der Waals surface area contributed by atoms with Gasteiger partial charge in [0, 0.05) is 12.1 Å². The van der Waals surface area contributed by atoms with Gasteiger partial charge in [0.2, 0.25) is 11.8 Å². The number of aromatic amines is 1. The molecule has 1 aromatic heterocycles. The maximum Gasteiger partial charge on any atom is 0.291 e. The summed E-state index contributed by atoms with van der Waals surface area (Å²) in [5.41, 5.74) is 5.39. The lowest BCUT2D eigenvalue weighted by atomic mass is 10.00. The molecule has 1 aromatic rings. The summed E-state index contributed by atoms with van der Waals surface area (Å²) in [5.74, 6) is 0.113. The van der Waals surface area contributed by atoms with Gasteiger partial charge in [0.25, 0.3) is 5.91 Å². The number of nitrogens with zero attached hydrogens (tertiary/aromatic N) is 3. The number of carbonyl (C=O) groups is 1. The van der Waals surface area contributed by atoms with Crippen LogP contribution >= 0.6 is 0 Å². The van der Waals surface area contributed by atoms with Crippen LogP contribution in [0.5, 0.6) is 0 Å². The Bertz CT molecular complexity index is 432. The Morgan fingerprint density at radius 3 is 2.59 bits per heavy atom. The molecular formula is C10H15N5O2. The first-order chi connectivity index (χ1) is 8.15. The summed E-state index contributed by atoms with van der Waals surface area (Å²) >= 11 is 0. The lowest BCUT2D eigenvalue weighted by Crippen LogP contribution is -2.48. The highest BCUT2D eigenvalue weighted by Gasteiger charge is 2.43. The Labute approximate surface area is 98.0 Å². The third-order valence-corrected chi connectivity index (χ3v) is 3.65. The fraction of sp³-hybridized carbons (Fsp3) is 0.700. The molecule has 0 aromatic carbocycles. The van der Waals surface area contributed by atoms with E-state index in [2.05, 4.69) is 15.2 Å². The minimum atomic E-state index is -0.281. The van der Waals surface area contributed by atoms with Gasteiger partial charge in [0.15, 0.2) is 0 Å². The largest absolute Gasteiger partial charge is 0.393 e. The minimum absolute atomic E-state index is 0.0812. The summed E-state index contributed by atoms with van der Waals surface area (Å²) < 4.78 is 0. The van der Waals surface area contributed by atoms with E-state index >= 15 is 0 Å². The molecule has 3 rings (SSSR count). The van der Waals surface area contributed by atoms with Crippen molar-refractivity contribution in [2.24, 2.45) is 0 Å². The zero-order chi connectivity index (χ0) is 12.0. The molecule has 1 amide bonds. The van der Waals surface area contributed by atoms with E-state index in [1.165, 1.54) is 0 Å². The van der Waals surface area contributed by atoms with Crippen molar-refractivity contribution < 1.29 is 9.90 Å². The van der Waals surface area contributed by atoms with E-state index in [4.69, 9.17) is 5.73 Å². The standard InChI is InChI=1S/C10H15N5O2/c11-10-12-8(13-14-10)9(17)15-5-1-2-6(15)4-7(16)3-5/h5-7,16H,1-4H2,(H3,11,12,13,14). The van der Waals surface area contributed by atoms with Gasteiger partial charge < -0.3 is 15.7 Å². The van der Waals surface area contributed by atoms with E-state index in [1.807, 2.05) is 4.90 Å². The van der Waals surface area contributed by atoms with Crippen molar-refractivity contribution >= 4 is 11.9 Å². The van der Waals surface area contributed by atoms with Gasteiger partial charge in [-0.25, -0.2) is 0 Å². The number of aliphatic hydroxyl groups is 1. The molecule has 2 saturated heterocycles. The number of rotatable bonds is 1. The predicted octanol–water partition coefficient (Wildman–Crippen LogP) is -0.485. The van der Waals surface area contributed by atoms with Crippen LogP contribution in [-0.2, 0) is 0 Å². The monoisotopic (exact) mass is 237 g/mol. The van der Waals surface area contributed by atoms with Gasteiger partial charge >= 0.3 is 0 Å². The number of nitrogen functional groups attached to an aromatic ring is 1. The molecule has 92 valence electrons. The fourth-order valence-electron chi connectivity index (χ4n) is 2.97. The number of amides is 1. The van der Waals surface area contributed by atoms with Gasteiger partial charge in [-0.15, -0.1) is 5.10 Å². The van der Waals surface area contributed by atoms with Gasteiger partial charge in [0.1, 0.15) is 0 Å². The molecule has 2 aliphatic heterocycles. The number of anilines is 1. The maximum atomic E-state index is 12.2. The van der Waals surface area contributed by atoms with Crippen molar-refractivity contribution in [3.63, 3.8) is 0 Å². The molecule has 2 aliphatic rings. The third kappa shape index (κ3) is 1.66. The number of hydrogen-bond acceptors (Lipinski definition) is 5. The molecule has 0 aliphatic carbocycles. The van der Waals surface area contributed by atoms with Crippen molar-refractivity contribution in [2.75, 3.05) is 5.73 Å². The van der Waals surface area contributed by atoms with E-state index in [0.29, 0.717) is 12.8 Å². The normalized spacial score (nSPS) is 31.8. The van der Waals surface area contributed by atoms with Gasteiger partial charge in [-0.05, 0) is 25.7 Å². The average Bonchev–Trinajstić information content (AvgIpc) is 2.81. The summed E-state index contributed by atoms with van der Waals surface area (Å²) in [4.78, 5) is 17.9. The molecule has 17 heavy (non-hydrogen) atoms. The van der Waals surface area contributed by atoms with Crippen molar-refractivity contribution in [3.05, 3.63) is 5.82 Å². The first kappa shape index (κ1) is 10.5. The van der Waals surface area contributed by atoms with Crippen LogP contribution in [0.15, 0.2) is 0 Å². The number of aromatic nitrogens is 3. The number of nitrogens with one attached hydrogen (secondary N) is 1. The van der Waals surface area contributed by atoms with Gasteiger partial charge in [0.05, 0.1) is 6.10 Å². The van der Waals surface area contributed by atoms with Crippen LogP contribution in [-0.4, -0.2) is 49.3 Å². The highest BCUT2D eigenvalue weighted by Crippen LogP contribution is 2.36. The first-order valence-electron chi connectivity index (χ1n) is 5.83. The van der Waals surface area contributed by atoms with E-state index in [9.17, 15) is 9.90 Å². The van der Waals surface area contributed by atoms with Crippen LogP contribution in [0, 0.1) is 0 Å². The van der Waals surface area contributed by atoms with E-state index < -0.39 is 0 Å². The number of fused-ring (bicyclic) bond motifs is 2. The van der Waals surface area contributed by atoms with Gasteiger partial charge in [-0.3, -0.25) is 9.89 Å². The lowest BCUT2D eigenvalue weighted by molar-refractivity contribution is 0.0278. The third-order valence-electron chi connectivity index (χ3n) is 3.65. The smallest absolute Gasteiger partial charge is 0.291 e. The number of nitrogens with two attached hydrogens (primary N) is 1. The number of piperidine rings is 1. The Hall–Kier alpha value is -1.63. The Kier molecular flexibility index (Phi) is 2.29. The second kappa shape index (κ2) is 3.69. The Balaban J connectivity index is 1.83. The van der Waals surface area contributed by atoms with Crippen molar-refractivity contribution in [2.45, 2.75) is 43.9 Å². The fourth-order valence-corrected chi connectivity index (χ4v) is 2.97. The summed E-state index contributed by atoms with van der Waals surface area (Å²) in [6.07, 6.45) is 2.95. The highest BCUT2D eigenvalue weighted by molar-refractivity contribution is 5.91. The molecule has 0 spiro atoms. The highest BCUT2D eigenvalue weighted by atomic mass is 16.3. The lowest BCUT2D eigenvalue weighted by Gasteiger charge is -2.36. The van der Waals surface area contributed by atoms with Gasteiger partial charge in [-0.1, -0.05) is 0 Å². The predicted molar refractivity (Wildman–Crippen MR) is 59.0 cm³/mol. The molecule has 7 nitrogen and oxygen atoms in total. The molecule has 2 bridgehead atoms. The summed E-state index contributed by atoms with van der Waals surface area (Å²) in [6.45, 7) is 0. The van der Waals surface area contributed by atoms with Crippen LogP contribution in [0.4, 0.5) is 5.95 Å². The topological polar surface area (TPSA) is 108 Å².